The fourth-order valence-electron chi connectivity index (χ4n) is 3.67. The summed E-state index contributed by atoms with van der Waals surface area (Å²) in [5.74, 6) is -0.0681. The predicted octanol–water partition coefficient (Wildman–Crippen LogP) is 4.38. The molecule has 0 aliphatic carbocycles. The molecule has 2 fully saturated rings. The summed E-state index contributed by atoms with van der Waals surface area (Å²) in [5.41, 5.74) is 0. The number of hydrogen-bond acceptors (Lipinski definition) is 4. The van der Waals surface area contributed by atoms with Crippen molar-refractivity contribution in [3.63, 3.8) is 0 Å². The minimum absolute atomic E-state index is 0.0681. The van der Waals surface area contributed by atoms with E-state index >= 15 is 0 Å². The first-order valence-corrected chi connectivity index (χ1v) is 9.67. The van der Waals surface area contributed by atoms with E-state index in [1.54, 1.807) is 11.8 Å². The Morgan fingerprint density at radius 3 is 2.48 bits per heavy atom. The molecule has 1 aromatic carbocycles. The Balaban J connectivity index is 1.56. The molecule has 126 valence electrons. The van der Waals surface area contributed by atoms with Crippen LogP contribution in [-0.2, 0) is 9.53 Å². The zero-order valence-corrected chi connectivity index (χ0v) is 15.3. The minimum Gasteiger partial charge on any atom is -0.461 e. The molecule has 2 bridgehead atoms. The van der Waals surface area contributed by atoms with Crippen LogP contribution in [0.2, 0.25) is 5.02 Å². The van der Waals surface area contributed by atoms with Gasteiger partial charge in [-0.15, -0.1) is 11.8 Å². The standard InChI is InChI=1S/C18H24ClNO2S/c1-3-17(23-16-8-4-12(19)5-9-16)18(21)22-15-10-13-6-7-14(11-15)20(13)2/h4-5,8-9,13-15,17H,3,6-7,10-11H2,1-2H3/t13?,14?,15?,17-/m1/s1. The van der Waals surface area contributed by atoms with Crippen LogP contribution in [0.15, 0.2) is 29.2 Å². The third-order valence-electron chi connectivity index (χ3n) is 5.06. The van der Waals surface area contributed by atoms with Crippen molar-refractivity contribution < 1.29 is 9.53 Å². The van der Waals surface area contributed by atoms with Gasteiger partial charge in [0.05, 0.1) is 0 Å². The maximum absolute atomic E-state index is 12.5. The first kappa shape index (κ1) is 17.1. The molecule has 2 unspecified atom stereocenters. The molecule has 2 aliphatic heterocycles. The van der Waals surface area contributed by atoms with Crippen molar-refractivity contribution in [1.82, 2.24) is 4.90 Å². The monoisotopic (exact) mass is 353 g/mol. The second-order valence-electron chi connectivity index (χ2n) is 6.55. The summed E-state index contributed by atoms with van der Waals surface area (Å²) >= 11 is 7.48. The number of thioether (sulfide) groups is 1. The molecule has 0 aromatic heterocycles. The highest BCUT2D eigenvalue weighted by Crippen LogP contribution is 2.36. The Morgan fingerprint density at radius 1 is 1.30 bits per heavy atom. The van der Waals surface area contributed by atoms with Crippen molar-refractivity contribution in [2.24, 2.45) is 0 Å². The number of benzene rings is 1. The lowest BCUT2D eigenvalue weighted by molar-refractivity contribution is -0.151. The molecule has 0 N–H and O–H groups in total. The molecule has 0 spiro atoms. The molecule has 3 rings (SSSR count). The van der Waals surface area contributed by atoms with Crippen LogP contribution in [-0.4, -0.2) is 41.4 Å². The van der Waals surface area contributed by atoms with Crippen LogP contribution >= 0.6 is 23.4 Å². The molecule has 3 nitrogen and oxygen atoms in total. The molecular weight excluding hydrogens is 330 g/mol. The van der Waals surface area contributed by atoms with E-state index in [9.17, 15) is 4.79 Å². The van der Waals surface area contributed by atoms with Crippen LogP contribution in [0.3, 0.4) is 0 Å². The van der Waals surface area contributed by atoms with E-state index in [-0.39, 0.29) is 17.3 Å². The van der Waals surface area contributed by atoms with E-state index in [0.29, 0.717) is 17.1 Å². The molecular formula is C18H24ClNO2S. The Labute approximate surface area is 147 Å². The topological polar surface area (TPSA) is 29.5 Å². The molecule has 3 atom stereocenters. The van der Waals surface area contributed by atoms with Crippen molar-refractivity contribution in [2.45, 2.75) is 67.4 Å². The fraction of sp³-hybridized carbons (Fsp3) is 0.611. The Kier molecular flexibility index (Phi) is 5.55. The van der Waals surface area contributed by atoms with Gasteiger partial charge in [0.15, 0.2) is 0 Å². The third kappa shape index (κ3) is 4.04. The van der Waals surface area contributed by atoms with E-state index in [1.807, 2.05) is 31.2 Å². The van der Waals surface area contributed by atoms with Crippen LogP contribution in [0.1, 0.15) is 39.0 Å². The van der Waals surface area contributed by atoms with Crippen molar-refractivity contribution in [1.29, 1.82) is 0 Å². The van der Waals surface area contributed by atoms with Crippen LogP contribution in [0.5, 0.6) is 0 Å². The van der Waals surface area contributed by atoms with E-state index in [4.69, 9.17) is 16.3 Å². The molecule has 0 saturated carbocycles. The molecule has 1 aromatic rings. The number of carbonyl (C=O) groups is 1. The van der Waals surface area contributed by atoms with Crippen molar-refractivity contribution in [2.75, 3.05) is 7.05 Å². The maximum Gasteiger partial charge on any atom is 0.319 e. The highest BCUT2D eigenvalue weighted by molar-refractivity contribution is 8.00. The lowest BCUT2D eigenvalue weighted by atomic mass is 10.0. The van der Waals surface area contributed by atoms with Gasteiger partial charge in [-0.1, -0.05) is 18.5 Å². The van der Waals surface area contributed by atoms with E-state index in [2.05, 4.69) is 11.9 Å². The lowest BCUT2D eigenvalue weighted by Gasteiger charge is -2.36. The van der Waals surface area contributed by atoms with Gasteiger partial charge in [-0.25, -0.2) is 0 Å². The Morgan fingerprint density at radius 2 is 1.91 bits per heavy atom. The van der Waals surface area contributed by atoms with Gasteiger partial charge < -0.3 is 9.64 Å². The summed E-state index contributed by atoms with van der Waals surface area (Å²) in [5, 5.41) is 0.570. The first-order chi connectivity index (χ1) is 11.1. The number of fused-ring (bicyclic) bond motifs is 2. The average molecular weight is 354 g/mol. The first-order valence-electron chi connectivity index (χ1n) is 8.41. The van der Waals surface area contributed by atoms with Crippen LogP contribution < -0.4 is 0 Å². The van der Waals surface area contributed by atoms with Crippen molar-refractivity contribution in [3.05, 3.63) is 29.3 Å². The number of nitrogens with zero attached hydrogens (tertiary/aromatic N) is 1. The molecule has 0 radical (unpaired) electrons. The van der Waals surface area contributed by atoms with Gasteiger partial charge in [0.2, 0.25) is 0 Å². The van der Waals surface area contributed by atoms with E-state index in [1.165, 1.54) is 12.8 Å². The van der Waals surface area contributed by atoms with E-state index in [0.717, 1.165) is 24.2 Å². The molecule has 23 heavy (non-hydrogen) atoms. The van der Waals surface area contributed by atoms with Gasteiger partial charge in [0, 0.05) is 22.0 Å². The SMILES string of the molecule is CC[C@@H](Sc1ccc(Cl)cc1)C(=O)OC1CC2CCC(C1)N2C. The Bertz CT molecular complexity index is 536. The molecule has 2 heterocycles. The number of carbonyl (C=O) groups excluding carboxylic acids is 1. The summed E-state index contributed by atoms with van der Waals surface area (Å²) in [6.07, 6.45) is 5.32. The van der Waals surface area contributed by atoms with Crippen LogP contribution in [0, 0.1) is 0 Å². The second kappa shape index (κ2) is 7.45. The number of hydrogen-bond donors (Lipinski definition) is 0. The zero-order chi connectivity index (χ0) is 16.4. The van der Waals surface area contributed by atoms with Crippen molar-refractivity contribution in [3.8, 4) is 0 Å². The van der Waals surface area contributed by atoms with Gasteiger partial charge in [0.1, 0.15) is 11.4 Å². The summed E-state index contributed by atoms with van der Waals surface area (Å²) in [7, 11) is 2.20. The minimum atomic E-state index is -0.145. The van der Waals surface area contributed by atoms with Crippen LogP contribution in [0.25, 0.3) is 0 Å². The summed E-state index contributed by atoms with van der Waals surface area (Å²) in [4.78, 5) is 16.1. The fourth-order valence-corrected chi connectivity index (χ4v) is 4.74. The van der Waals surface area contributed by atoms with Gasteiger partial charge in [-0.3, -0.25) is 4.79 Å². The summed E-state index contributed by atoms with van der Waals surface area (Å²) in [6, 6.07) is 8.82. The number of halogens is 1. The maximum atomic E-state index is 12.5. The predicted molar refractivity (Wildman–Crippen MR) is 95.1 cm³/mol. The van der Waals surface area contributed by atoms with E-state index < -0.39 is 0 Å². The molecule has 5 heteroatoms. The highest BCUT2D eigenvalue weighted by Gasteiger charge is 2.40. The number of rotatable bonds is 5. The largest absolute Gasteiger partial charge is 0.461 e. The molecule has 2 aliphatic rings. The van der Waals surface area contributed by atoms with Gasteiger partial charge in [-0.05, 0) is 63.4 Å². The normalized spacial score (nSPS) is 28.6. The summed E-state index contributed by atoms with van der Waals surface area (Å²) in [6.45, 7) is 2.03. The second-order valence-corrected chi connectivity index (χ2v) is 8.26. The average Bonchev–Trinajstić information content (AvgIpc) is 2.75. The quantitative estimate of drug-likeness (QED) is 0.580. The van der Waals surface area contributed by atoms with Gasteiger partial charge in [0.25, 0.3) is 0 Å². The molecule has 2 saturated heterocycles. The smallest absolute Gasteiger partial charge is 0.319 e. The van der Waals surface area contributed by atoms with Gasteiger partial charge in [-0.2, -0.15) is 0 Å². The lowest BCUT2D eigenvalue weighted by Crippen LogP contribution is -2.44. The van der Waals surface area contributed by atoms with Gasteiger partial charge >= 0.3 is 5.97 Å². The highest BCUT2D eigenvalue weighted by atomic mass is 35.5. The van der Waals surface area contributed by atoms with Crippen LogP contribution in [0.4, 0.5) is 0 Å². The molecule has 0 amide bonds. The zero-order valence-electron chi connectivity index (χ0n) is 13.7. The summed E-state index contributed by atoms with van der Waals surface area (Å²) < 4.78 is 5.86. The number of piperidine rings is 1. The Hall–Kier alpha value is -0.710. The number of esters is 1. The number of ether oxygens (including phenoxy) is 1. The van der Waals surface area contributed by atoms with Crippen molar-refractivity contribution >= 4 is 29.3 Å². The third-order valence-corrected chi connectivity index (χ3v) is 6.67.